The summed E-state index contributed by atoms with van der Waals surface area (Å²) in [6.07, 6.45) is 8.47. The molecule has 0 spiro atoms. The van der Waals surface area contributed by atoms with E-state index in [-0.39, 0.29) is 11.8 Å². The van der Waals surface area contributed by atoms with Gasteiger partial charge in [0.2, 0.25) is 0 Å². The van der Waals surface area contributed by atoms with Crippen LogP contribution in [0, 0.1) is 5.92 Å². The molecule has 2 bridgehead atoms. The molecule has 4 rings (SSSR count). The van der Waals surface area contributed by atoms with E-state index in [0.29, 0.717) is 30.0 Å². The first kappa shape index (κ1) is 19.2. The molecule has 0 aromatic carbocycles. The van der Waals surface area contributed by atoms with E-state index in [0.717, 1.165) is 51.0 Å². The highest BCUT2D eigenvalue weighted by Crippen LogP contribution is 2.38. The van der Waals surface area contributed by atoms with E-state index in [2.05, 4.69) is 20.5 Å². The first-order valence-electron chi connectivity index (χ1n) is 10.6. The predicted molar refractivity (Wildman–Crippen MR) is 107 cm³/mol. The number of hydrogen-bond donors (Lipinski definition) is 3. The number of nitrogens with one attached hydrogen (secondary N) is 2. The van der Waals surface area contributed by atoms with Crippen molar-refractivity contribution in [2.75, 3.05) is 18.0 Å². The SMILES string of the molecule is O=C(O)NC1C[C@H]2CC[C@@H](C1)N2c1ccc(C(=O)CCC2CCNCC2)cn1. The third-order valence-electron chi connectivity index (χ3n) is 6.63. The largest absolute Gasteiger partial charge is 0.465 e. The number of carbonyl (C=O) groups excluding carboxylic acids is 1. The van der Waals surface area contributed by atoms with E-state index < -0.39 is 6.09 Å². The van der Waals surface area contributed by atoms with E-state index >= 15 is 0 Å². The lowest BCUT2D eigenvalue weighted by Gasteiger charge is -2.39. The number of fused-ring (bicyclic) bond motifs is 2. The van der Waals surface area contributed by atoms with Crippen molar-refractivity contribution >= 4 is 17.7 Å². The van der Waals surface area contributed by atoms with Gasteiger partial charge in [-0.15, -0.1) is 0 Å². The lowest BCUT2D eigenvalue weighted by molar-refractivity contribution is 0.0970. The number of anilines is 1. The Morgan fingerprint density at radius 2 is 1.86 bits per heavy atom. The normalized spacial score (nSPS) is 27.6. The summed E-state index contributed by atoms with van der Waals surface area (Å²) in [7, 11) is 0. The number of amides is 1. The first-order chi connectivity index (χ1) is 13.6. The number of carboxylic acid groups (broad SMARTS) is 1. The number of rotatable bonds is 6. The second-order valence-corrected chi connectivity index (χ2v) is 8.47. The summed E-state index contributed by atoms with van der Waals surface area (Å²) in [6, 6.07) is 4.55. The molecule has 1 aromatic heterocycles. The van der Waals surface area contributed by atoms with Gasteiger partial charge in [-0.25, -0.2) is 9.78 Å². The summed E-state index contributed by atoms with van der Waals surface area (Å²) < 4.78 is 0. The summed E-state index contributed by atoms with van der Waals surface area (Å²) >= 11 is 0. The standard InChI is InChI=1S/C21H30N4O3/c26-19(5-1-14-7-9-22-10-8-14)15-2-6-20(23-13-15)25-17-3-4-18(25)12-16(11-17)24-21(27)28/h2,6,13-14,16-18,22,24H,1,3-5,7-12H2,(H,27,28)/t16?,17-,18+. The van der Waals surface area contributed by atoms with Gasteiger partial charge in [0.25, 0.3) is 0 Å². The molecule has 3 atom stereocenters. The van der Waals surface area contributed by atoms with Crippen LogP contribution in [-0.2, 0) is 0 Å². The van der Waals surface area contributed by atoms with Gasteiger partial charge in [0.15, 0.2) is 5.78 Å². The highest BCUT2D eigenvalue weighted by Gasteiger charge is 2.41. The number of Topliss-reactive ketones (excluding diaryl/α,β-unsaturated/α-hetero) is 1. The fraction of sp³-hybridized carbons (Fsp3) is 0.667. The Morgan fingerprint density at radius 1 is 1.14 bits per heavy atom. The van der Waals surface area contributed by atoms with Crippen molar-refractivity contribution in [1.82, 2.24) is 15.6 Å². The summed E-state index contributed by atoms with van der Waals surface area (Å²) in [4.78, 5) is 30.4. The zero-order chi connectivity index (χ0) is 19.5. The molecule has 4 heterocycles. The number of carbonyl (C=O) groups is 2. The van der Waals surface area contributed by atoms with Crippen LogP contribution in [0.2, 0.25) is 0 Å². The molecule has 0 radical (unpaired) electrons. The minimum atomic E-state index is -0.941. The van der Waals surface area contributed by atoms with Gasteiger partial charge in [-0.3, -0.25) is 4.79 Å². The molecule has 1 unspecified atom stereocenters. The molecule has 7 heteroatoms. The van der Waals surface area contributed by atoms with Crippen LogP contribution in [0.25, 0.3) is 0 Å². The molecule has 28 heavy (non-hydrogen) atoms. The van der Waals surface area contributed by atoms with Crippen molar-refractivity contribution in [3.8, 4) is 0 Å². The number of nitrogens with zero attached hydrogens (tertiary/aromatic N) is 2. The Labute approximate surface area is 165 Å². The number of pyridine rings is 1. The van der Waals surface area contributed by atoms with Crippen molar-refractivity contribution in [2.45, 2.75) is 69.5 Å². The summed E-state index contributed by atoms with van der Waals surface area (Å²) in [5.74, 6) is 1.76. The minimum absolute atomic E-state index is 0.0297. The van der Waals surface area contributed by atoms with Crippen LogP contribution < -0.4 is 15.5 Å². The second kappa shape index (κ2) is 8.47. The Balaban J connectivity index is 1.34. The quantitative estimate of drug-likeness (QED) is 0.651. The number of aromatic nitrogens is 1. The Morgan fingerprint density at radius 3 is 2.46 bits per heavy atom. The molecule has 3 aliphatic heterocycles. The van der Waals surface area contributed by atoms with Crippen molar-refractivity contribution in [1.29, 1.82) is 0 Å². The van der Waals surface area contributed by atoms with Crippen LogP contribution in [0.1, 0.15) is 61.7 Å². The fourth-order valence-electron chi connectivity index (χ4n) is 5.20. The van der Waals surface area contributed by atoms with E-state index in [4.69, 9.17) is 5.11 Å². The van der Waals surface area contributed by atoms with Crippen molar-refractivity contribution in [3.63, 3.8) is 0 Å². The predicted octanol–water partition coefficient (Wildman–Crippen LogP) is 2.81. The molecule has 3 aliphatic rings. The zero-order valence-electron chi connectivity index (χ0n) is 16.3. The van der Waals surface area contributed by atoms with Crippen LogP contribution in [0.3, 0.4) is 0 Å². The van der Waals surface area contributed by atoms with Gasteiger partial charge in [-0.1, -0.05) is 0 Å². The molecule has 1 aromatic rings. The average Bonchev–Trinajstić information content (AvgIpc) is 2.97. The fourth-order valence-corrected chi connectivity index (χ4v) is 5.20. The molecular formula is C21H30N4O3. The maximum Gasteiger partial charge on any atom is 0.404 e. The minimum Gasteiger partial charge on any atom is -0.465 e. The van der Waals surface area contributed by atoms with Gasteiger partial charge in [0.05, 0.1) is 0 Å². The monoisotopic (exact) mass is 386 g/mol. The highest BCUT2D eigenvalue weighted by atomic mass is 16.4. The van der Waals surface area contributed by atoms with Crippen molar-refractivity contribution in [2.24, 2.45) is 5.92 Å². The van der Waals surface area contributed by atoms with Crippen molar-refractivity contribution in [3.05, 3.63) is 23.9 Å². The highest BCUT2D eigenvalue weighted by molar-refractivity contribution is 5.95. The van der Waals surface area contributed by atoms with Crippen molar-refractivity contribution < 1.29 is 14.7 Å². The molecule has 0 aliphatic carbocycles. The third kappa shape index (κ3) is 4.29. The van der Waals surface area contributed by atoms with Gasteiger partial charge >= 0.3 is 6.09 Å². The molecule has 0 saturated carbocycles. The van der Waals surface area contributed by atoms with Crippen LogP contribution in [0.15, 0.2) is 18.3 Å². The van der Waals surface area contributed by atoms with Crippen LogP contribution in [0.5, 0.6) is 0 Å². The van der Waals surface area contributed by atoms with E-state index in [9.17, 15) is 9.59 Å². The van der Waals surface area contributed by atoms with Gasteiger partial charge in [0.1, 0.15) is 5.82 Å². The Kier molecular flexibility index (Phi) is 5.80. The lowest BCUT2D eigenvalue weighted by Crippen LogP contribution is -2.50. The lowest BCUT2D eigenvalue weighted by atomic mass is 9.91. The second-order valence-electron chi connectivity index (χ2n) is 8.47. The summed E-state index contributed by atoms with van der Waals surface area (Å²) in [6.45, 7) is 2.13. The van der Waals surface area contributed by atoms with Crippen LogP contribution in [0.4, 0.5) is 10.6 Å². The first-order valence-corrected chi connectivity index (χ1v) is 10.6. The Hall–Kier alpha value is -2.15. The van der Waals surface area contributed by atoms with Crippen LogP contribution >= 0.6 is 0 Å². The van der Waals surface area contributed by atoms with E-state index in [1.165, 1.54) is 12.8 Å². The molecule has 7 nitrogen and oxygen atoms in total. The smallest absolute Gasteiger partial charge is 0.404 e. The van der Waals surface area contributed by atoms with Gasteiger partial charge < -0.3 is 20.6 Å². The number of hydrogen-bond acceptors (Lipinski definition) is 5. The zero-order valence-corrected chi connectivity index (χ0v) is 16.3. The van der Waals surface area contributed by atoms with Gasteiger partial charge in [-0.2, -0.15) is 0 Å². The number of ketones is 1. The average molecular weight is 386 g/mol. The van der Waals surface area contributed by atoms with E-state index in [1.807, 2.05) is 12.1 Å². The van der Waals surface area contributed by atoms with Gasteiger partial charge in [0, 0.05) is 36.3 Å². The third-order valence-corrected chi connectivity index (χ3v) is 6.63. The van der Waals surface area contributed by atoms with Crippen LogP contribution in [-0.4, -0.2) is 53.2 Å². The molecule has 3 fully saturated rings. The molecule has 3 N–H and O–H groups in total. The van der Waals surface area contributed by atoms with Gasteiger partial charge in [-0.05, 0) is 76.1 Å². The maximum atomic E-state index is 12.5. The Bertz CT molecular complexity index is 688. The molecule has 1 amide bonds. The molecular weight excluding hydrogens is 356 g/mol. The summed E-state index contributed by atoms with van der Waals surface area (Å²) in [5.41, 5.74) is 0.701. The van der Waals surface area contributed by atoms with E-state index in [1.54, 1.807) is 6.20 Å². The molecule has 3 saturated heterocycles. The number of piperidine rings is 2. The topological polar surface area (TPSA) is 94.6 Å². The maximum absolute atomic E-state index is 12.5. The molecule has 152 valence electrons. The summed E-state index contributed by atoms with van der Waals surface area (Å²) in [5, 5.41) is 15.0.